The van der Waals surface area contributed by atoms with E-state index in [0.717, 1.165) is 22.3 Å². The van der Waals surface area contributed by atoms with Crippen molar-refractivity contribution in [3.8, 4) is 11.3 Å². The fourth-order valence-corrected chi connectivity index (χ4v) is 3.55. The van der Waals surface area contributed by atoms with Gasteiger partial charge in [0.25, 0.3) is 0 Å². The van der Waals surface area contributed by atoms with Gasteiger partial charge in [0.2, 0.25) is 0 Å². The molecule has 0 saturated carbocycles. The van der Waals surface area contributed by atoms with Crippen LogP contribution in [0.5, 0.6) is 0 Å². The van der Waals surface area contributed by atoms with Crippen molar-refractivity contribution in [2.45, 2.75) is 0 Å². The topological polar surface area (TPSA) is 25.8 Å². The molecule has 0 atom stereocenters. The minimum atomic E-state index is 0.429. The summed E-state index contributed by atoms with van der Waals surface area (Å²) in [5, 5.41) is 5.28. The van der Waals surface area contributed by atoms with Gasteiger partial charge in [-0.05, 0) is 39.7 Å². The van der Waals surface area contributed by atoms with E-state index in [9.17, 15) is 0 Å². The first-order chi connectivity index (χ1) is 12.3. The van der Waals surface area contributed by atoms with Gasteiger partial charge in [-0.2, -0.15) is 0 Å². The Hall–Kier alpha value is -2.97. The zero-order valence-electron chi connectivity index (χ0n) is 13.3. The van der Waals surface area contributed by atoms with Crippen LogP contribution in [0.4, 0.5) is 0 Å². The van der Waals surface area contributed by atoms with Crippen LogP contribution in [-0.4, -0.2) is 9.97 Å². The summed E-state index contributed by atoms with van der Waals surface area (Å²) < 4.78 is 0. The monoisotopic (exact) mass is 340 g/mol. The molecule has 0 fully saturated rings. The number of halogens is 1. The lowest BCUT2D eigenvalue weighted by Crippen LogP contribution is -1.91. The van der Waals surface area contributed by atoms with E-state index in [0.29, 0.717) is 5.15 Å². The fraction of sp³-hybridized carbons (Fsp3) is 0. The van der Waals surface area contributed by atoms with Gasteiger partial charge in [0.15, 0.2) is 5.15 Å². The highest BCUT2D eigenvalue weighted by atomic mass is 35.5. The number of nitrogens with zero attached hydrogens (tertiary/aromatic N) is 2. The molecule has 2 nitrogen and oxygen atoms in total. The number of rotatable bonds is 1. The van der Waals surface area contributed by atoms with E-state index in [4.69, 9.17) is 16.6 Å². The molecule has 1 aromatic heterocycles. The van der Waals surface area contributed by atoms with Crippen LogP contribution in [0.15, 0.2) is 78.9 Å². The van der Waals surface area contributed by atoms with E-state index in [1.165, 1.54) is 21.5 Å². The quantitative estimate of drug-likeness (QED) is 0.337. The Morgan fingerprint density at radius 2 is 1.24 bits per heavy atom. The van der Waals surface area contributed by atoms with Gasteiger partial charge in [-0.3, -0.25) is 0 Å². The number of aromatic nitrogens is 2. The van der Waals surface area contributed by atoms with Crippen LogP contribution in [0.1, 0.15) is 0 Å². The van der Waals surface area contributed by atoms with Crippen molar-refractivity contribution in [3.63, 3.8) is 0 Å². The molecule has 5 aromatic rings. The van der Waals surface area contributed by atoms with Crippen LogP contribution in [0.3, 0.4) is 0 Å². The lowest BCUT2D eigenvalue weighted by molar-refractivity contribution is 1.29. The van der Waals surface area contributed by atoms with Crippen LogP contribution in [0, 0.1) is 0 Å². The van der Waals surface area contributed by atoms with Gasteiger partial charge >= 0.3 is 0 Å². The van der Waals surface area contributed by atoms with Gasteiger partial charge in [-0.15, -0.1) is 0 Å². The van der Waals surface area contributed by atoms with Crippen molar-refractivity contribution in [3.05, 3.63) is 84.0 Å². The third-order valence-corrected chi connectivity index (χ3v) is 4.81. The summed E-state index contributed by atoms with van der Waals surface area (Å²) in [6.45, 7) is 0. The summed E-state index contributed by atoms with van der Waals surface area (Å²) >= 11 is 6.43. The summed E-state index contributed by atoms with van der Waals surface area (Å²) in [6, 6.07) is 26.8. The SMILES string of the molecule is Clc1nc2ccccc2nc1-c1ccc2ccc3ccccc3c2c1. The normalized spacial score (nSPS) is 11.4. The fourth-order valence-electron chi connectivity index (χ4n) is 3.31. The molecule has 118 valence electrons. The summed E-state index contributed by atoms with van der Waals surface area (Å²) in [4.78, 5) is 9.23. The maximum atomic E-state index is 6.43. The van der Waals surface area contributed by atoms with Crippen LogP contribution >= 0.6 is 11.6 Å². The minimum absolute atomic E-state index is 0.429. The van der Waals surface area contributed by atoms with E-state index in [1.54, 1.807) is 0 Å². The first kappa shape index (κ1) is 14.4. The molecule has 0 radical (unpaired) electrons. The average Bonchev–Trinajstić information content (AvgIpc) is 2.67. The van der Waals surface area contributed by atoms with Gasteiger partial charge in [0.05, 0.1) is 11.0 Å². The maximum absolute atomic E-state index is 6.43. The Kier molecular flexibility index (Phi) is 3.19. The molecule has 0 spiro atoms. The second-order valence-corrected chi connectivity index (χ2v) is 6.43. The highest BCUT2D eigenvalue weighted by molar-refractivity contribution is 6.32. The average molecular weight is 341 g/mol. The molecular weight excluding hydrogens is 328 g/mol. The molecule has 5 rings (SSSR count). The maximum Gasteiger partial charge on any atom is 0.156 e. The molecule has 0 aliphatic heterocycles. The molecule has 0 aliphatic rings. The summed E-state index contributed by atoms with van der Waals surface area (Å²) in [5.74, 6) is 0. The summed E-state index contributed by atoms with van der Waals surface area (Å²) in [5.41, 5.74) is 3.35. The predicted octanol–water partition coefficient (Wildman–Crippen LogP) is 6.26. The molecule has 3 heteroatoms. The number of para-hydroxylation sites is 2. The molecule has 25 heavy (non-hydrogen) atoms. The molecule has 0 unspecified atom stereocenters. The highest BCUT2D eigenvalue weighted by Gasteiger charge is 2.10. The van der Waals surface area contributed by atoms with E-state index in [1.807, 2.05) is 24.3 Å². The van der Waals surface area contributed by atoms with E-state index >= 15 is 0 Å². The largest absolute Gasteiger partial charge is 0.243 e. The first-order valence-electron chi connectivity index (χ1n) is 8.14. The minimum Gasteiger partial charge on any atom is -0.243 e. The van der Waals surface area contributed by atoms with Crippen LogP contribution < -0.4 is 0 Å². The van der Waals surface area contributed by atoms with Crippen molar-refractivity contribution < 1.29 is 0 Å². The van der Waals surface area contributed by atoms with Crippen molar-refractivity contribution in [2.24, 2.45) is 0 Å². The molecule has 4 aromatic carbocycles. The zero-order valence-corrected chi connectivity index (χ0v) is 14.0. The molecule has 0 aliphatic carbocycles. The Balaban J connectivity index is 1.81. The summed E-state index contributed by atoms with van der Waals surface area (Å²) in [7, 11) is 0. The van der Waals surface area contributed by atoms with Crippen LogP contribution in [0.2, 0.25) is 5.15 Å². The van der Waals surface area contributed by atoms with E-state index in [-0.39, 0.29) is 0 Å². The predicted molar refractivity (Wildman–Crippen MR) is 105 cm³/mol. The van der Waals surface area contributed by atoms with E-state index < -0.39 is 0 Å². The number of fused-ring (bicyclic) bond motifs is 4. The number of benzene rings is 4. The Labute approximate surface area is 149 Å². The third-order valence-electron chi connectivity index (χ3n) is 4.55. The van der Waals surface area contributed by atoms with Gasteiger partial charge in [0.1, 0.15) is 5.69 Å². The molecule has 0 bridgehead atoms. The van der Waals surface area contributed by atoms with Gasteiger partial charge < -0.3 is 0 Å². The first-order valence-corrected chi connectivity index (χ1v) is 8.51. The van der Waals surface area contributed by atoms with Crippen molar-refractivity contribution in [1.29, 1.82) is 0 Å². The third kappa shape index (κ3) is 2.34. The summed E-state index contributed by atoms with van der Waals surface area (Å²) in [6.07, 6.45) is 0. The van der Waals surface area contributed by atoms with Gasteiger partial charge in [0, 0.05) is 5.56 Å². The van der Waals surface area contributed by atoms with E-state index in [2.05, 4.69) is 59.6 Å². The molecule has 0 saturated heterocycles. The standard InChI is InChI=1S/C22H13ClN2/c23-22-21(24-19-7-3-4-8-20(19)25-22)16-12-11-15-10-9-14-5-1-2-6-17(14)18(15)13-16/h1-13H. The molecule has 1 heterocycles. The lowest BCUT2D eigenvalue weighted by atomic mass is 9.99. The van der Waals surface area contributed by atoms with Crippen LogP contribution in [0.25, 0.3) is 43.8 Å². The second kappa shape index (κ2) is 5.54. The molecule has 0 amide bonds. The Morgan fingerprint density at radius 1 is 0.600 bits per heavy atom. The molecular formula is C22H13ClN2. The number of hydrogen-bond donors (Lipinski definition) is 0. The van der Waals surface area contributed by atoms with Crippen molar-refractivity contribution in [2.75, 3.05) is 0 Å². The Morgan fingerprint density at radius 3 is 2.08 bits per heavy atom. The highest BCUT2D eigenvalue weighted by Crippen LogP contribution is 2.32. The van der Waals surface area contributed by atoms with Gasteiger partial charge in [-0.25, -0.2) is 9.97 Å². The lowest BCUT2D eigenvalue weighted by Gasteiger charge is -2.09. The number of hydrogen-bond acceptors (Lipinski definition) is 2. The second-order valence-electron chi connectivity index (χ2n) is 6.07. The zero-order chi connectivity index (χ0) is 16.8. The van der Waals surface area contributed by atoms with Crippen molar-refractivity contribution in [1.82, 2.24) is 9.97 Å². The Bertz CT molecular complexity index is 1260. The van der Waals surface area contributed by atoms with Gasteiger partial charge in [-0.1, -0.05) is 72.3 Å². The molecule has 0 N–H and O–H groups in total. The smallest absolute Gasteiger partial charge is 0.156 e. The van der Waals surface area contributed by atoms with Crippen molar-refractivity contribution >= 4 is 44.2 Å². The van der Waals surface area contributed by atoms with Crippen LogP contribution in [-0.2, 0) is 0 Å².